The van der Waals surface area contributed by atoms with Crippen molar-refractivity contribution in [1.29, 1.82) is 0 Å². The second-order valence-corrected chi connectivity index (χ2v) is 6.92. The number of carbonyl (C=O) groups excluding carboxylic acids is 2. The molecule has 1 saturated heterocycles. The van der Waals surface area contributed by atoms with E-state index in [1.54, 1.807) is 23.5 Å². The Kier molecular flexibility index (Phi) is 5.78. The first kappa shape index (κ1) is 17.6. The van der Waals surface area contributed by atoms with Crippen LogP contribution in [0.1, 0.15) is 22.9 Å². The second-order valence-electron chi connectivity index (χ2n) is 5.89. The number of piperazine rings is 1. The van der Waals surface area contributed by atoms with Crippen molar-refractivity contribution in [2.24, 2.45) is 0 Å². The van der Waals surface area contributed by atoms with E-state index >= 15 is 0 Å². The summed E-state index contributed by atoms with van der Waals surface area (Å²) in [5, 5.41) is 7.70. The van der Waals surface area contributed by atoms with Crippen molar-refractivity contribution < 1.29 is 14.0 Å². The van der Waals surface area contributed by atoms with Gasteiger partial charge >= 0.3 is 0 Å². The van der Waals surface area contributed by atoms with E-state index in [-0.39, 0.29) is 17.6 Å². The molecule has 1 aliphatic heterocycles. The van der Waals surface area contributed by atoms with E-state index in [1.807, 2.05) is 22.4 Å². The van der Waals surface area contributed by atoms with Gasteiger partial charge in [0.1, 0.15) is 11.9 Å². The molecule has 0 aliphatic carbocycles. The highest BCUT2D eigenvalue weighted by Crippen LogP contribution is 2.23. The van der Waals surface area contributed by atoms with E-state index in [4.69, 9.17) is 0 Å². The van der Waals surface area contributed by atoms with Crippen molar-refractivity contribution >= 4 is 23.2 Å². The highest BCUT2D eigenvalue weighted by molar-refractivity contribution is 7.09. The minimum atomic E-state index is -0.487. The van der Waals surface area contributed by atoms with E-state index in [0.717, 1.165) is 10.4 Å². The number of hydrogen-bond donors (Lipinski definition) is 2. The fraction of sp³-hybridized carbons (Fsp3) is 0.333. The normalized spacial score (nSPS) is 18.0. The predicted octanol–water partition coefficient (Wildman–Crippen LogP) is 2.07. The zero-order valence-corrected chi connectivity index (χ0v) is 14.5. The minimum Gasteiger partial charge on any atom is -0.353 e. The van der Waals surface area contributed by atoms with Gasteiger partial charge in [-0.05, 0) is 29.1 Å². The number of benzene rings is 1. The first-order valence-electron chi connectivity index (χ1n) is 8.20. The van der Waals surface area contributed by atoms with Gasteiger partial charge in [0, 0.05) is 30.9 Å². The van der Waals surface area contributed by atoms with Crippen LogP contribution in [0.4, 0.5) is 4.39 Å². The van der Waals surface area contributed by atoms with Gasteiger partial charge in [0.25, 0.3) is 0 Å². The number of carbonyl (C=O) groups is 2. The number of nitrogens with zero attached hydrogens (tertiary/aromatic N) is 1. The lowest BCUT2D eigenvalue weighted by Crippen LogP contribution is -2.50. The summed E-state index contributed by atoms with van der Waals surface area (Å²) in [6, 6.07) is 9.38. The number of nitrogens with one attached hydrogen (secondary N) is 2. The van der Waals surface area contributed by atoms with Gasteiger partial charge in [-0.25, -0.2) is 4.39 Å². The molecule has 0 spiro atoms. The summed E-state index contributed by atoms with van der Waals surface area (Å²) in [6.45, 7) is 2.21. The average Bonchev–Trinajstić information content (AvgIpc) is 3.13. The smallest absolute Gasteiger partial charge is 0.242 e. The average molecular weight is 361 g/mol. The van der Waals surface area contributed by atoms with Crippen LogP contribution in [-0.4, -0.2) is 36.3 Å². The second kappa shape index (κ2) is 8.22. The molecule has 132 valence electrons. The molecule has 5 nitrogen and oxygen atoms in total. The first-order chi connectivity index (χ1) is 12.1. The molecular weight excluding hydrogens is 341 g/mol. The molecule has 1 aliphatic rings. The van der Waals surface area contributed by atoms with Crippen molar-refractivity contribution in [2.45, 2.75) is 19.0 Å². The number of hydrogen-bond acceptors (Lipinski definition) is 4. The Morgan fingerprint density at radius 3 is 2.84 bits per heavy atom. The summed E-state index contributed by atoms with van der Waals surface area (Å²) < 4.78 is 13.1. The summed E-state index contributed by atoms with van der Waals surface area (Å²) >= 11 is 1.60. The van der Waals surface area contributed by atoms with Crippen molar-refractivity contribution in [3.8, 4) is 0 Å². The van der Waals surface area contributed by atoms with Crippen LogP contribution < -0.4 is 10.6 Å². The summed E-state index contributed by atoms with van der Waals surface area (Å²) in [4.78, 5) is 27.4. The molecule has 0 bridgehead atoms. The third kappa shape index (κ3) is 4.64. The summed E-state index contributed by atoms with van der Waals surface area (Å²) in [7, 11) is 0. The highest BCUT2D eigenvalue weighted by Gasteiger charge is 2.31. The Morgan fingerprint density at radius 2 is 2.12 bits per heavy atom. The molecule has 0 saturated carbocycles. The van der Waals surface area contributed by atoms with Crippen molar-refractivity contribution in [3.05, 3.63) is 58.0 Å². The van der Waals surface area contributed by atoms with Crippen LogP contribution in [0.15, 0.2) is 41.8 Å². The van der Waals surface area contributed by atoms with Crippen LogP contribution in [0.2, 0.25) is 0 Å². The summed E-state index contributed by atoms with van der Waals surface area (Å²) in [6.07, 6.45) is 0.316. The van der Waals surface area contributed by atoms with Crippen molar-refractivity contribution in [2.75, 3.05) is 19.6 Å². The van der Waals surface area contributed by atoms with E-state index in [1.165, 1.54) is 12.1 Å². The van der Waals surface area contributed by atoms with Crippen LogP contribution in [-0.2, 0) is 16.1 Å². The van der Waals surface area contributed by atoms with Gasteiger partial charge in [0.15, 0.2) is 0 Å². The van der Waals surface area contributed by atoms with Gasteiger partial charge in [0.05, 0.1) is 6.54 Å². The van der Waals surface area contributed by atoms with Crippen LogP contribution in [0.25, 0.3) is 0 Å². The van der Waals surface area contributed by atoms with Gasteiger partial charge in [-0.2, -0.15) is 0 Å². The lowest BCUT2D eigenvalue weighted by atomic mass is 10.0. The Labute approximate surface area is 149 Å². The fourth-order valence-corrected chi connectivity index (χ4v) is 3.54. The van der Waals surface area contributed by atoms with Gasteiger partial charge in [-0.3, -0.25) is 14.5 Å². The molecule has 2 amide bonds. The van der Waals surface area contributed by atoms with Crippen LogP contribution >= 0.6 is 11.3 Å². The molecule has 0 radical (unpaired) electrons. The van der Waals surface area contributed by atoms with E-state index < -0.39 is 6.04 Å². The van der Waals surface area contributed by atoms with Gasteiger partial charge in [-0.1, -0.05) is 18.2 Å². The molecule has 2 N–H and O–H groups in total. The summed E-state index contributed by atoms with van der Waals surface area (Å²) in [5.41, 5.74) is 0.734. The number of thiophene rings is 1. The molecule has 1 atom stereocenters. The van der Waals surface area contributed by atoms with Gasteiger partial charge < -0.3 is 10.6 Å². The van der Waals surface area contributed by atoms with E-state index in [9.17, 15) is 14.0 Å². The lowest BCUT2D eigenvalue weighted by molar-refractivity contribution is -0.130. The summed E-state index contributed by atoms with van der Waals surface area (Å²) in [5.74, 6) is -0.492. The zero-order chi connectivity index (χ0) is 17.6. The molecule has 25 heavy (non-hydrogen) atoms. The largest absolute Gasteiger partial charge is 0.353 e. The lowest BCUT2D eigenvalue weighted by Gasteiger charge is -2.35. The molecule has 1 aromatic heterocycles. The van der Waals surface area contributed by atoms with Crippen LogP contribution in [0.3, 0.4) is 0 Å². The maximum atomic E-state index is 13.1. The zero-order valence-electron chi connectivity index (χ0n) is 13.7. The molecule has 0 unspecified atom stereocenters. The third-order valence-electron chi connectivity index (χ3n) is 4.16. The molecule has 1 fully saturated rings. The van der Waals surface area contributed by atoms with Crippen LogP contribution in [0, 0.1) is 5.82 Å². The standard InChI is InChI=1S/C18H20FN3O2S/c19-14-5-3-13(4-6-14)17-18(24)20-8-10-22(17)9-7-16(23)21-12-15-2-1-11-25-15/h1-6,11,17H,7-10,12H2,(H,20,24)(H,21,23)/t17-/m0/s1. The number of rotatable bonds is 6. The SMILES string of the molecule is O=C(CCN1CCNC(=O)[C@@H]1c1ccc(F)cc1)NCc1cccs1. The third-order valence-corrected chi connectivity index (χ3v) is 5.04. The van der Waals surface area contributed by atoms with Crippen LogP contribution in [0.5, 0.6) is 0 Å². The Hall–Kier alpha value is -2.25. The molecule has 1 aromatic carbocycles. The highest BCUT2D eigenvalue weighted by atomic mass is 32.1. The topological polar surface area (TPSA) is 61.4 Å². The molecular formula is C18H20FN3O2S. The number of amides is 2. The Balaban J connectivity index is 1.58. The maximum Gasteiger partial charge on any atom is 0.242 e. The minimum absolute atomic E-state index is 0.0442. The van der Waals surface area contributed by atoms with Gasteiger partial charge in [0.2, 0.25) is 11.8 Å². The Bertz CT molecular complexity index is 718. The van der Waals surface area contributed by atoms with Crippen molar-refractivity contribution in [1.82, 2.24) is 15.5 Å². The molecule has 2 aromatic rings. The fourth-order valence-electron chi connectivity index (χ4n) is 2.89. The first-order valence-corrected chi connectivity index (χ1v) is 9.08. The predicted molar refractivity (Wildman–Crippen MR) is 94.5 cm³/mol. The van der Waals surface area contributed by atoms with E-state index in [2.05, 4.69) is 10.6 Å². The van der Waals surface area contributed by atoms with Gasteiger partial charge in [-0.15, -0.1) is 11.3 Å². The maximum absolute atomic E-state index is 13.1. The molecule has 2 heterocycles. The van der Waals surface area contributed by atoms with Crippen molar-refractivity contribution in [3.63, 3.8) is 0 Å². The molecule has 7 heteroatoms. The molecule has 3 rings (SSSR count). The van der Waals surface area contributed by atoms with E-state index in [0.29, 0.717) is 32.6 Å². The number of halogens is 1. The quantitative estimate of drug-likeness (QED) is 0.828. The monoisotopic (exact) mass is 361 g/mol. The Morgan fingerprint density at radius 1 is 1.32 bits per heavy atom.